The van der Waals surface area contributed by atoms with Gasteiger partial charge in [0.25, 0.3) is 0 Å². The number of ether oxygens (including phenoxy) is 1. The van der Waals surface area contributed by atoms with Gasteiger partial charge in [0.1, 0.15) is 5.69 Å². The second kappa shape index (κ2) is 4.59. The van der Waals surface area contributed by atoms with Gasteiger partial charge in [-0.25, -0.2) is 8.78 Å². The normalized spacial score (nSPS) is 9.43. The first kappa shape index (κ1) is 11.2. The van der Waals surface area contributed by atoms with E-state index in [0.717, 1.165) is 6.07 Å². The van der Waals surface area contributed by atoms with Crippen LogP contribution in [0.15, 0.2) is 15.5 Å². The minimum Gasteiger partial charge on any atom is -0.491 e. The Bertz CT molecular complexity index is 418. The Morgan fingerprint density at radius 2 is 2.21 bits per heavy atom. The summed E-state index contributed by atoms with van der Waals surface area (Å²) in [6.45, 7) is 0. The number of isothiocyanates is 1. The van der Waals surface area contributed by atoms with E-state index in [2.05, 4.69) is 37.9 Å². The molecule has 1 rings (SSSR count). The summed E-state index contributed by atoms with van der Waals surface area (Å²) in [5.41, 5.74) is -0.127. The molecule has 0 aliphatic carbocycles. The zero-order valence-corrected chi connectivity index (χ0v) is 9.38. The van der Waals surface area contributed by atoms with Crippen LogP contribution in [-0.2, 0) is 0 Å². The molecule has 6 heteroatoms. The number of aliphatic imine (C=N–C) groups is 1. The largest absolute Gasteiger partial charge is 0.491 e. The summed E-state index contributed by atoms with van der Waals surface area (Å²) >= 11 is 7.27. The summed E-state index contributed by atoms with van der Waals surface area (Å²) in [6.07, 6.45) is 0. The summed E-state index contributed by atoms with van der Waals surface area (Å²) < 4.78 is 31.1. The molecule has 0 saturated carbocycles. The van der Waals surface area contributed by atoms with Crippen molar-refractivity contribution >= 4 is 39.0 Å². The second-order valence-electron chi connectivity index (χ2n) is 2.24. The van der Waals surface area contributed by atoms with Crippen LogP contribution in [-0.4, -0.2) is 12.3 Å². The average molecular weight is 280 g/mol. The topological polar surface area (TPSA) is 21.6 Å². The Kier molecular flexibility index (Phi) is 3.69. The van der Waals surface area contributed by atoms with Crippen molar-refractivity contribution in [2.24, 2.45) is 4.99 Å². The van der Waals surface area contributed by atoms with Gasteiger partial charge in [-0.3, -0.25) is 0 Å². The van der Waals surface area contributed by atoms with Crippen molar-refractivity contribution in [3.63, 3.8) is 0 Å². The second-order valence-corrected chi connectivity index (χ2v) is 3.28. The first-order valence-electron chi connectivity index (χ1n) is 3.41. The van der Waals surface area contributed by atoms with E-state index in [4.69, 9.17) is 0 Å². The molecule has 0 unspecified atom stereocenters. The molecule has 0 radical (unpaired) electrons. The Hall–Kier alpha value is -0.840. The first-order chi connectivity index (χ1) is 6.61. The number of hydrogen-bond donors (Lipinski definition) is 0. The molecule has 0 fully saturated rings. The van der Waals surface area contributed by atoms with Gasteiger partial charge in [0.15, 0.2) is 17.4 Å². The Labute approximate surface area is 92.7 Å². The van der Waals surface area contributed by atoms with E-state index in [1.54, 1.807) is 0 Å². The minimum atomic E-state index is -0.906. The van der Waals surface area contributed by atoms with Gasteiger partial charge in [0.2, 0.25) is 0 Å². The van der Waals surface area contributed by atoms with E-state index in [9.17, 15) is 8.78 Å². The van der Waals surface area contributed by atoms with Crippen LogP contribution in [0.4, 0.5) is 14.5 Å². The molecule has 0 bridgehead atoms. The lowest BCUT2D eigenvalue weighted by Gasteiger charge is -2.06. The molecule has 1 aromatic rings. The Balaban J connectivity index is 3.51. The Morgan fingerprint density at radius 1 is 1.57 bits per heavy atom. The highest BCUT2D eigenvalue weighted by Gasteiger charge is 2.17. The fourth-order valence-electron chi connectivity index (χ4n) is 0.898. The summed E-state index contributed by atoms with van der Waals surface area (Å²) in [6, 6.07) is 1.05. The number of halogens is 3. The van der Waals surface area contributed by atoms with Crippen molar-refractivity contribution in [3.8, 4) is 5.75 Å². The summed E-state index contributed by atoms with van der Waals surface area (Å²) in [4.78, 5) is 3.45. The minimum absolute atomic E-state index is 0.127. The van der Waals surface area contributed by atoms with Crippen LogP contribution in [0, 0.1) is 11.6 Å². The van der Waals surface area contributed by atoms with Crippen LogP contribution in [0.1, 0.15) is 0 Å². The van der Waals surface area contributed by atoms with Gasteiger partial charge >= 0.3 is 0 Å². The molecular weight excluding hydrogens is 276 g/mol. The number of methoxy groups -OCH3 is 1. The van der Waals surface area contributed by atoms with Gasteiger partial charge in [0.05, 0.1) is 16.7 Å². The molecule has 14 heavy (non-hydrogen) atoms. The lowest BCUT2D eigenvalue weighted by atomic mass is 10.3. The average Bonchev–Trinajstić information content (AvgIpc) is 2.12. The predicted octanol–water partition coefficient (Wildman–Crippen LogP) is 3.47. The van der Waals surface area contributed by atoms with E-state index in [1.165, 1.54) is 7.11 Å². The molecule has 0 heterocycles. The van der Waals surface area contributed by atoms with Crippen molar-refractivity contribution in [1.29, 1.82) is 0 Å². The molecular formula is C8H4BrF2NOS. The molecule has 2 nitrogen and oxygen atoms in total. The number of rotatable bonds is 2. The summed E-state index contributed by atoms with van der Waals surface area (Å²) in [7, 11) is 1.17. The van der Waals surface area contributed by atoms with Crippen LogP contribution in [0.25, 0.3) is 0 Å². The Morgan fingerprint density at radius 3 is 2.71 bits per heavy atom. The molecule has 74 valence electrons. The molecule has 0 aromatic heterocycles. The summed E-state index contributed by atoms with van der Waals surface area (Å²) in [5, 5.41) is 2.00. The third kappa shape index (κ3) is 1.97. The molecule has 0 amide bonds. The van der Waals surface area contributed by atoms with Crippen molar-refractivity contribution in [1.82, 2.24) is 0 Å². The maximum atomic E-state index is 13.4. The molecule has 0 atom stereocenters. The molecule has 1 aromatic carbocycles. The smallest absolute Gasteiger partial charge is 0.195 e. The van der Waals surface area contributed by atoms with Gasteiger partial charge in [-0.15, -0.1) is 0 Å². The van der Waals surface area contributed by atoms with Crippen molar-refractivity contribution in [2.45, 2.75) is 0 Å². The highest BCUT2D eigenvalue weighted by molar-refractivity contribution is 9.10. The van der Waals surface area contributed by atoms with Gasteiger partial charge in [-0.1, -0.05) is 0 Å². The highest BCUT2D eigenvalue weighted by Crippen LogP contribution is 2.36. The van der Waals surface area contributed by atoms with E-state index in [0.29, 0.717) is 0 Å². The maximum absolute atomic E-state index is 13.4. The maximum Gasteiger partial charge on any atom is 0.195 e. The van der Waals surface area contributed by atoms with Crippen LogP contribution >= 0.6 is 28.1 Å². The van der Waals surface area contributed by atoms with Gasteiger partial charge in [-0.2, -0.15) is 4.99 Å². The highest BCUT2D eigenvalue weighted by atomic mass is 79.9. The van der Waals surface area contributed by atoms with E-state index in [1.807, 2.05) is 5.16 Å². The van der Waals surface area contributed by atoms with E-state index < -0.39 is 17.4 Å². The summed E-state index contributed by atoms with van der Waals surface area (Å²) in [5.74, 6) is -2.20. The molecule has 0 aliphatic heterocycles. The molecule has 0 N–H and O–H groups in total. The number of nitrogens with zero attached hydrogens (tertiary/aromatic N) is 1. The van der Waals surface area contributed by atoms with Gasteiger partial charge < -0.3 is 4.74 Å². The fourth-order valence-corrected chi connectivity index (χ4v) is 1.45. The standard InChI is InChI=1S/C8H4BrF2NOS/c1-13-8-5(10)2-4(9)7(6(8)11)12-3-14/h2H,1H3. The van der Waals surface area contributed by atoms with Crippen molar-refractivity contribution < 1.29 is 13.5 Å². The molecule has 0 saturated heterocycles. The quantitative estimate of drug-likeness (QED) is 0.611. The third-order valence-electron chi connectivity index (χ3n) is 1.47. The third-order valence-corrected chi connectivity index (χ3v) is 2.16. The first-order valence-corrected chi connectivity index (χ1v) is 4.61. The molecule has 0 aliphatic rings. The van der Waals surface area contributed by atoms with Gasteiger partial charge in [-0.05, 0) is 34.2 Å². The van der Waals surface area contributed by atoms with Crippen LogP contribution in [0.3, 0.4) is 0 Å². The fraction of sp³-hybridized carbons (Fsp3) is 0.125. The zero-order chi connectivity index (χ0) is 10.7. The lowest BCUT2D eigenvalue weighted by molar-refractivity contribution is 0.360. The predicted molar refractivity (Wildman–Crippen MR) is 55.3 cm³/mol. The SMILES string of the molecule is COc1c(F)cc(Br)c(N=C=S)c1F. The van der Waals surface area contributed by atoms with Crippen LogP contribution < -0.4 is 4.74 Å². The van der Waals surface area contributed by atoms with E-state index in [-0.39, 0.29) is 10.2 Å². The zero-order valence-electron chi connectivity index (χ0n) is 6.97. The number of thiocarbonyl (C=S) groups is 1. The number of hydrogen-bond acceptors (Lipinski definition) is 3. The van der Waals surface area contributed by atoms with Crippen molar-refractivity contribution in [3.05, 3.63) is 22.2 Å². The van der Waals surface area contributed by atoms with Crippen LogP contribution in [0.2, 0.25) is 0 Å². The van der Waals surface area contributed by atoms with Crippen molar-refractivity contribution in [2.75, 3.05) is 7.11 Å². The monoisotopic (exact) mass is 279 g/mol. The lowest BCUT2D eigenvalue weighted by Crippen LogP contribution is -1.93. The molecule has 0 spiro atoms. The van der Waals surface area contributed by atoms with E-state index >= 15 is 0 Å². The van der Waals surface area contributed by atoms with Crippen LogP contribution in [0.5, 0.6) is 5.75 Å². The number of benzene rings is 1. The van der Waals surface area contributed by atoms with Gasteiger partial charge in [0, 0.05) is 0 Å².